The molecule has 2 rings (SSSR count). The molecule has 98 valence electrons. The fourth-order valence-electron chi connectivity index (χ4n) is 2.54. The minimum atomic E-state index is -0.930. The summed E-state index contributed by atoms with van der Waals surface area (Å²) in [5, 5.41) is 20.4. The summed E-state index contributed by atoms with van der Waals surface area (Å²) in [6, 6.07) is 3.25. The molecule has 0 saturated heterocycles. The molecular weight excluding hydrogens is 254 g/mol. The zero-order valence-electron chi connectivity index (χ0n) is 10.2. The Morgan fingerprint density at radius 3 is 2.89 bits per heavy atom. The molecule has 18 heavy (non-hydrogen) atoms. The van der Waals surface area contributed by atoms with Gasteiger partial charge in [0.05, 0.1) is 0 Å². The van der Waals surface area contributed by atoms with E-state index in [9.17, 15) is 9.90 Å². The minimum Gasteiger partial charge on any atom is -0.480 e. The average molecular weight is 270 g/mol. The van der Waals surface area contributed by atoms with E-state index in [0.717, 1.165) is 12.8 Å². The van der Waals surface area contributed by atoms with Crippen molar-refractivity contribution >= 4 is 23.4 Å². The van der Waals surface area contributed by atoms with Gasteiger partial charge in [0.25, 0.3) is 0 Å². The molecule has 1 aliphatic carbocycles. The maximum atomic E-state index is 11.6. The van der Waals surface area contributed by atoms with Crippen LogP contribution in [0.1, 0.15) is 32.6 Å². The van der Waals surface area contributed by atoms with Crippen LogP contribution < -0.4 is 5.32 Å². The number of halogens is 1. The van der Waals surface area contributed by atoms with E-state index in [4.69, 9.17) is 11.6 Å². The van der Waals surface area contributed by atoms with Crippen LogP contribution in [0.3, 0.4) is 0 Å². The van der Waals surface area contributed by atoms with Crippen molar-refractivity contribution < 1.29 is 9.90 Å². The molecule has 2 atom stereocenters. The van der Waals surface area contributed by atoms with Crippen molar-refractivity contribution in [1.29, 1.82) is 0 Å². The topological polar surface area (TPSA) is 75.1 Å². The van der Waals surface area contributed by atoms with Gasteiger partial charge in [0.2, 0.25) is 0 Å². The van der Waals surface area contributed by atoms with Gasteiger partial charge in [-0.1, -0.05) is 31.4 Å². The molecular formula is C12H16ClN3O2. The van der Waals surface area contributed by atoms with Gasteiger partial charge in [-0.3, -0.25) is 0 Å². The van der Waals surface area contributed by atoms with E-state index >= 15 is 0 Å². The highest BCUT2D eigenvalue weighted by Gasteiger charge is 2.42. The quantitative estimate of drug-likeness (QED) is 0.882. The van der Waals surface area contributed by atoms with Gasteiger partial charge < -0.3 is 10.4 Å². The smallest absolute Gasteiger partial charge is 0.329 e. The number of hydrogen-bond donors (Lipinski definition) is 2. The highest BCUT2D eigenvalue weighted by Crippen LogP contribution is 2.34. The van der Waals surface area contributed by atoms with E-state index in [-0.39, 0.29) is 0 Å². The third-order valence-electron chi connectivity index (χ3n) is 3.41. The number of rotatable bonds is 3. The van der Waals surface area contributed by atoms with E-state index in [1.807, 2.05) is 0 Å². The number of carboxylic acid groups (broad SMARTS) is 1. The molecule has 0 radical (unpaired) electrons. The van der Waals surface area contributed by atoms with Crippen molar-refractivity contribution in [1.82, 2.24) is 10.2 Å². The Morgan fingerprint density at radius 2 is 2.33 bits per heavy atom. The Balaban J connectivity index is 2.20. The molecule has 1 aromatic heterocycles. The molecule has 5 nitrogen and oxygen atoms in total. The fraction of sp³-hybridized carbons (Fsp3) is 0.583. The largest absolute Gasteiger partial charge is 0.480 e. The summed E-state index contributed by atoms with van der Waals surface area (Å²) in [6.45, 7) is 2.08. The number of carboxylic acids is 1. The summed E-state index contributed by atoms with van der Waals surface area (Å²) in [7, 11) is 0. The monoisotopic (exact) mass is 269 g/mol. The Bertz CT molecular complexity index is 437. The fourth-order valence-corrected chi connectivity index (χ4v) is 2.64. The van der Waals surface area contributed by atoms with Gasteiger partial charge in [-0.2, -0.15) is 0 Å². The molecule has 1 aliphatic rings. The highest BCUT2D eigenvalue weighted by atomic mass is 35.5. The predicted molar refractivity (Wildman–Crippen MR) is 68.7 cm³/mol. The van der Waals surface area contributed by atoms with E-state index in [0.29, 0.717) is 29.7 Å². The van der Waals surface area contributed by atoms with Gasteiger partial charge >= 0.3 is 5.97 Å². The van der Waals surface area contributed by atoms with E-state index in [1.54, 1.807) is 12.1 Å². The second kappa shape index (κ2) is 5.10. The van der Waals surface area contributed by atoms with E-state index < -0.39 is 11.5 Å². The number of nitrogens with one attached hydrogen (secondary N) is 1. The van der Waals surface area contributed by atoms with Crippen molar-refractivity contribution in [3.63, 3.8) is 0 Å². The molecule has 0 spiro atoms. The number of carbonyl (C=O) groups is 1. The molecule has 0 amide bonds. The zero-order chi connectivity index (χ0) is 13.2. The summed E-state index contributed by atoms with van der Waals surface area (Å²) < 4.78 is 0. The van der Waals surface area contributed by atoms with Crippen molar-refractivity contribution in [2.75, 3.05) is 5.32 Å². The normalized spacial score (nSPS) is 27.8. The number of aromatic nitrogens is 2. The van der Waals surface area contributed by atoms with E-state index in [1.165, 1.54) is 0 Å². The third kappa shape index (κ3) is 2.72. The number of hydrogen-bond acceptors (Lipinski definition) is 4. The SMILES string of the molecule is CC1CCCC(Nc2ccc(Cl)nn2)(C(=O)O)C1. The van der Waals surface area contributed by atoms with E-state index in [2.05, 4.69) is 22.4 Å². The molecule has 1 fully saturated rings. The van der Waals surface area contributed by atoms with Crippen molar-refractivity contribution in [3.05, 3.63) is 17.3 Å². The lowest BCUT2D eigenvalue weighted by molar-refractivity contribution is -0.144. The molecule has 2 unspecified atom stereocenters. The Hall–Kier alpha value is -1.36. The van der Waals surface area contributed by atoms with Crippen LogP contribution in [0.25, 0.3) is 0 Å². The molecule has 1 saturated carbocycles. The van der Waals surface area contributed by atoms with Gasteiger partial charge in [-0.15, -0.1) is 10.2 Å². The second-order valence-corrected chi connectivity index (χ2v) is 5.34. The first kappa shape index (κ1) is 13.1. The first-order chi connectivity index (χ1) is 8.52. The Morgan fingerprint density at radius 1 is 1.56 bits per heavy atom. The summed E-state index contributed by atoms with van der Waals surface area (Å²) in [6.07, 6.45) is 3.19. The lowest BCUT2D eigenvalue weighted by Gasteiger charge is -2.37. The molecule has 2 N–H and O–H groups in total. The number of aliphatic carboxylic acids is 1. The number of nitrogens with zero attached hydrogens (tertiary/aromatic N) is 2. The van der Waals surface area contributed by atoms with Crippen LogP contribution in [0.2, 0.25) is 5.15 Å². The van der Waals surface area contributed by atoms with Gasteiger partial charge in [0.15, 0.2) is 5.15 Å². The lowest BCUT2D eigenvalue weighted by atomic mass is 9.76. The molecule has 1 aromatic rings. The molecule has 0 bridgehead atoms. The third-order valence-corrected chi connectivity index (χ3v) is 3.61. The predicted octanol–water partition coefficient (Wildman–Crippen LogP) is 2.58. The van der Waals surface area contributed by atoms with Gasteiger partial charge in [0.1, 0.15) is 11.4 Å². The summed E-state index contributed by atoms with van der Waals surface area (Å²) in [5.74, 6) is 0.0179. The maximum absolute atomic E-state index is 11.6. The Labute approximate surface area is 111 Å². The van der Waals surface area contributed by atoms with Gasteiger partial charge in [0, 0.05) is 0 Å². The van der Waals surface area contributed by atoms with Crippen LogP contribution in [0.15, 0.2) is 12.1 Å². The zero-order valence-corrected chi connectivity index (χ0v) is 10.9. The van der Waals surface area contributed by atoms with Crippen LogP contribution >= 0.6 is 11.6 Å². The molecule has 1 heterocycles. The minimum absolute atomic E-state index is 0.293. The van der Waals surface area contributed by atoms with Crippen LogP contribution in [-0.2, 0) is 4.79 Å². The highest BCUT2D eigenvalue weighted by molar-refractivity contribution is 6.29. The van der Waals surface area contributed by atoms with Gasteiger partial charge in [-0.25, -0.2) is 4.79 Å². The standard InChI is InChI=1S/C12H16ClN3O2/c1-8-3-2-6-12(7-8,11(17)18)14-10-5-4-9(13)15-16-10/h4-5,8H,2-3,6-7H2,1H3,(H,14,16)(H,17,18). The van der Waals surface area contributed by atoms with Crippen molar-refractivity contribution in [2.45, 2.75) is 38.1 Å². The van der Waals surface area contributed by atoms with Crippen molar-refractivity contribution in [3.8, 4) is 0 Å². The molecule has 0 aromatic carbocycles. The average Bonchev–Trinajstić information content (AvgIpc) is 2.32. The summed E-state index contributed by atoms with van der Waals surface area (Å²) >= 11 is 5.66. The number of anilines is 1. The van der Waals surface area contributed by atoms with Crippen LogP contribution in [-0.4, -0.2) is 26.8 Å². The van der Waals surface area contributed by atoms with Crippen LogP contribution in [0.4, 0.5) is 5.82 Å². The Kier molecular flexibility index (Phi) is 3.71. The summed E-state index contributed by atoms with van der Waals surface area (Å²) in [4.78, 5) is 11.6. The van der Waals surface area contributed by atoms with Crippen LogP contribution in [0.5, 0.6) is 0 Å². The van der Waals surface area contributed by atoms with Crippen molar-refractivity contribution in [2.24, 2.45) is 5.92 Å². The first-order valence-corrected chi connectivity index (χ1v) is 6.40. The second-order valence-electron chi connectivity index (χ2n) is 4.96. The van der Waals surface area contributed by atoms with Crippen LogP contribution in [0, 0.1) is 5.92 Å². The molecule has 0 aliphatic heterocycles. The molecule has 6 heteroatoms. The van der Waals surface area contributed by atoms with Gasteiger partial charge in [-0.05, 0) is 30.9 Å². The first-order valence-electron chi connectivity index (χ1n) is 6.03. The maximum Gasteiger partial charge on any atom is 0.329 e. The lowest BCUT2D eigenvalue weighted by Crippen LogP contribution is -2.49. The summed E-state index contributed by atoms with van der Waals surface area (Å²) in [5.41, 5.74) is -0.930.